The standard InChI is InChI=1S/C22H30N4O6/c1-22(26-18(27)11-19(28)29,12-14-13-24-16-8-4-3-7-15(14)16)21(31)25-17(20(30)32-2)9-5-6-10-23/h3-4,7-8,13,17,24H,5-6,9-12,23H2,1-2H3,(H,25,31)(H,26,27)(H,28,29)/t17-,22+/m0/s1. The number of hydrogen-bond acceptors (Lipinski definition) is 6. The summed E-state index contributed by atoms with van der Waals surface area (Å²) in [5, 5.41) is 15.0. The van der Waals surface area contributed by atoms with Crippen molar-refractivity contribution in [2.45, 2.75) is 50.6 Å². The minimum Gasteiger partial charge on any atom is -0.481 e. The number of H-pyrrole nitrogens is 1. The third kappa shape index (κ3) is 6.55. The number of aromatic amines is 1. The molecule has 1 aromatic carbocycles. The number of para-hydroxylation sites is 1. The number of carboxylic acids is 1. The van der Waals surface area contributed by atoms with Crippen molar-refractivity contribution in [1.82, 2.24) is 15.6 Å². The molecule has 0 aliphatic carbocycles. The lowest BCUT2D eigenvalue weighted by Crippen LogP contribution is -2.61. The van der Waals surface area contributed by atoms with E-state index in [1.807, 2.05) is 24.3 Å². The third-order valence-corrected chi connectivity index (χ3v) is 5.19. The van der Waals surface area contributed by atoms with E-state index in [-0.39, 0.29) is 6.42 Å². The molecule has 10 nitrogen and oxygen atoms in total. The number of hydrogen-bond donors (Lipinski definition) is 5. The minimum atomic E-state index is -1.52. The van der Waals surface area contributed by atoms with E-state index in [1.54, 1.807) is 6.20 Å². The average Bonchev–Trinajstić information content (AvgIpc) is 3.14. The number of ether oxygens (including phenoxy) is 1. The van der Waals surface area contributed by atoms with Gasteiger partial charge in [0.05, 0.1) is 7.11 Å². The summed E-state index contributed by atoms with van der Waals surface area (Å²) in [6, 6.07) is 6.56. The molecule has 2 atom stereocenters. The molecule has 0 bridgehead atoms. The van der Waals surface area contributed by atoms with Gasteiger partial charge < -0.3 is 31.2 Å². The van der Waals surface area contributed by atoms with Crippen molar-refractivity contribution in [3.63, 3.8) is 0 Å². The first-order valence-corrected chi connectivity index (χ1v) is 10.4. The summed E-state index contributed by atoms with van der Waals surface area (Å²) in [5.41, 5.74) is 5.61. The molecule has 0 saturated heterocycles. The summed E-state index contributed by atoms with van der Waals surface area (Å²) in [5.74, 6) is -3.36. The monoisotopic (exact) mass is 446 g/mol. The highest BCUT2D eigenvalue weighted by molar-refractivity contribution is 5.99. The summed E-state index contributed by atoms with van der Waals surface area (Å²) >= 11 is 0. The zero-order chi connectivity index (χ0) is 23.7. The van der Waals surface area contributed by atoms with E-state index in [0.717, 1.165) is 16.5 Å². The molecule has 0 spiro atoms. The van der Waals surface area contributed by atoms with Gasteiger partial charge in [0.2, 0.25) is 11.8 Å². The fourth-order valence-electron chi connectivity index (χ4n) is 3.53. The predicted octanol–water partition coefficient (Wildman–Crippen LogP) is 0.847. The van der Waals surface area contributed by atoms with Crippen LogP contribution in [-0.4, -0.2) is 59.1 Å². The molecular weight excluding hydrogens is 416 g/mol. The Morgan fingerprint density at radius 1 is 1.22 bits per heavy atom. The molecule has 0 unspecified atom stereocenters. The van der Waals surface area contributed by atoms with Crippen molar-refractivity contribution in [1.29, 1.82) is 0 Å². The Bertz CT molecular complexity index is 972. The van der Waals surface area contributed by atoms with Gasteiger partial charge in [0.25, 0.3) is 0 Å². The van der Waals surface area contributed by atoms with Gasteiger partial charge >= 0.3 is 11.9 Å². The Morgan fingerprint density at radius 3 is 2.59 bits per heavy atom. The molecule has 1 heterocycles. The van der Waals surface area contributed by atoms with Crippen molar-refractivity contribution >= 4 is 34.7 Å². The number of benzene rings is 1. The molecule has 32 heavy (non-hydrogen) atoms. The Hall–Kier alpha value is -3.40. The second-order valence-electron chi connectivity index (χ2n) is 7.82. The number of nitrogens with one attached hydrogen (secondary N) is 3. The molecule has 174 valence electrons. The zero-order valence-corrected chi connectivity index (χ0v) is 18.3. The molecule has 6 N–H and O–H groups in total. The van der Waals surface area contributed by atoms with E-state index in [4.69, 9.17) is 15.6 Å². The van der Waals surface area contributed by atoms with Crippen molar-refractivity contribution in [2.24, 2.45) is 5.73 Å². The van der Waals surface area contributed by atoms with Gasteiger partial charge in [-0.25, -0.2) is 4.79 Å². The van der Waals surface area contributed by atoms with Crippen LogP contribution in [0.3, 0.4) is 0 Å². The highest BCUT2D eigenvalue weighted by atomic mass is 16.5. The molecule has 1 aromatic heterocycles. The Morgan fingerprint density at radius 2 is 1.94 bits per heavy atom. The number of amides is 2. The van der Waals surface area contributed by atoms with Gasteiger partial charge in [0, 0.05) is 23.5 Å². The molecular formula is C22H30N4O6. The molecule has 0 aliphatic heterocycles. The Balaban J connectivity index is 2.31. The Labute approximate surface area is 185 Å². The van der Waals surface area contributed by atoms with Crippen LogP contribution in [0, 0.1) is 0 Å². The first-order valence-electron chi connectivity index (χ1n) is 10.4. The lowest BCUT2D eigenvalue weighted by atomic mass is 9.90. The molecule has 2 amide bonds. The molecule has 2 aromatic rings. The summed E-state index contributed by atoms with van der Waals surface area (Å²) in [4.78, 5) is 51.8. The summed E-state index contributed by atoms with van der Waals surface area (Å²) in [6.07, 6.45) is 2.62. The number of esters is 1. The highest BCUT2D eigenvalue weighted by Gasteiger charge is 2.38. The van der Waals surface area contributed by atoms with Crippen LogP contribution in [0.2, 0.25) is 0 Å². The maximum Gasteiger partial charge on any atom is 0.328 e. The normalized spacial score (nSPS) is 13.7. The minimum absolute atomic E-state index is 0.0743. The quantitative estimate of drug-likeness (QED) is 0.183. The number of rotatable bonds is 12. The van der Waals surface area contributed by atoms with Crippen molar-refractivity contribution < 1.29 is 29.0 Å². The number of carbonyl (C=O) groups excluding carboxylic acids is 3. The van der Waals surface area contributed by atoms with E-state index in [2.05, 4.69) is 15.6 Å². The van der Waals surface area contributed by atoms with Crippen LogP contribution >= 0.6 is 0 Å². The summed E-state index contributed by atoms with van der Waals surface area (Å²) in [7, 11) is 1.23. The number of aliphatic carboxylic acids is 1. The topological polar surface area (TPSA) is 164 Å². The van der Waals surface area contributed by atoms with E-state index < -0.39 is 41.8 Å². The number of aromatic nitrogens is 1. The number of unbranched alkanes of at least 4 members (excludes halogenated alkanes) is 1. The lowest BCUT2D eigenvalue weighted by Gasteiger charge is -2.31. The maximum atomic E-state index is 13.3. The smallest absolute Gasteiger partial charge is 0.328 e. The molecule has 0 radical (unpaired) electrons. The number of nitrogens with two attached hydrogens (primary N) is 1. The first-order chi connectivity index (χ1) is 15.2. The molecule has 2 rings (SSSR count). The van der Waals surface area contributed by atoms with Gasteiger partial charge in [-0.15, -0.1) is 0 Å². The van der Waals surface area contributed by atoms with E-state index >= 15 is 0 Å². The van der Waals surface area contributed by atoms with Gasteiger partial charge in [-0.2, -0.15) is 0 Å². The molecule has 0 aliphatic rings. The van der Waals surface area contributed by atoms with Crippen LogP contribution in [0.4, 0.5) is 0 Å². The van der Waals surface area contributed by atoms with E-state index in [0.29, 0.717) is 25.8 Å². The summed E-state index contributed by atoms with van der Waals surface area (Å²) in [6.45, 7) is 1.95. The molecule has 0 saturated carbocycles. The van der Waals surface area contributed by atoms with Crippen LogP contribution in [0.1, 0.15) is 38.2 Å². The van der Waals surface area contributed by atoms with Gasteiger partial charge in [-0.05, 0) is 44.4 Å². The van der Waals surface area contributed by atoms with Gasteiger partial charge in [-0.1, -0.05) is 18.2 Å². The fraction of sp³-hybridized carbons (Fsp3) is 0.455. The number of carbonyl (C=O) groups is 4. The van der Waals surface area contributed by atoms with Crippen molar-refractivity contribution in [3.8, 4) is 0 Å². The predicted molar refractivity (Wildman–Crippen MR) is 118 cm³/mol. The number of carboxylic acid groups (broad SMARTS) is 1. The number of methoxy groups -OCH3 is 1. The van der Waals surface area contributed by atoms with Crippen LogP contribution in [0.25, 0.3) is 10.9 Å². The maximum absolute atomic E-state index is 13.3. The van der Waals surface area contributed by atoms with Crippen molar-refractivity contribution in [3.05, 3.63) is 36.0 Å². The Kier molecular flexibility index (Phi) is 8.77. The van der Waals surface area contributed by atoms with Crippen molar-refractivity contribution in [2.75, 3.05) is 13.7 Å². The van der Waals surface area contributed by atoms with Gasteiger partial charge in [0.1, 0.15) is 18.0 Å². The third-order valence-electron chi connectivity index (χ3n) is 5.19. The van der Waals surface area contributed by atoms with Crippen LogP contribution in [0.15, 0.2) is 30.5 Å². The number of fused-ring (bicyclic) bond motifs is 1. The van der Waals surface area contributed by atoms with E-state index in [1.165, 1.54) is 14.0 Å². The SMILES string of the molecule is COC(=O)[C@H](CCCCN)NC(=O)[C@@](C)(Cc1c[nH]c2ccccc12)NC(=O)CC(=O)O. The summed E-state index contributed by atoms with van der Waals surface area (Å²) < 4.78 is 4.80. The second kappa shape index (κ2) is 11.3. The zero-order valence-electron chi connectivity index (χ0n) is 18.3. The fourth-order valence-corrected chi connectivity index (χ4v) is 3.53. The van der Waals surface area contributed by atoms with Crippen LogP contribution in [0.5, 0.6) is 0 Å². The largest absolute Gasteiger partial charge is 0.481 e. The van der Waals surface area contributed by atoms with Gasteiger partial charge in [0.15, 0.2) is 0 Å². The van der Waals surface area contributed by atoms with E-state index in [9.17, 15) is 19.2 Å². The van der Waals surface area contributed by atoms with Gasteiger partial charge in [-0.3, -0.25) is 14.4 Å². The molecule has 0 fully saturated rings. The van der Waals surface area contributed by atoms with Crippen LogP contribution in [-0.2, 0) is 30.3 Å². The lowest BCUT2D eigenvalue weighted by molar-refractivity contribution is -0.146. The average molecular weight is 447 g/mol. The first kappa shape index (κ1) is 24.9. The second-order valence-corrected chi connectivity index (χ2v) is 7.82. The highest BCUT2D eigenvalue weighted by Crippen LogP contribution is 2.23. The molecule has 10 heteroatoms. The van der Waals surface area contributed by atoms with Crippen LogP contribution < -0.4 is 16.4 Å².